The molecule has 0 saturated heterocycles. The Hall–Kier alpha value is -1.04. The second kappa shape index (κ2) is 5.15. The highest BCUT2D eigenvalue weighted by molar-refractivity contribution is 5.27. The molecule has 2 fully saturated rings. The van der Waals surface area contributed by atoms with Gasteiger partial charge in [0, 0.05) is 0 Å². The molecule has 3 rings (SSSR count). The van der Waals surface area contributed by atoms with Gasteiger partial charge in [-0.3, -0.25) is 0 Å². The van der Waals surface area contributed by atoms with Crippen LogP contribution >= 0.6 is 0 Å². The van der Waals surface area contributed by atoms with Crippen molar-refractivity contribution in [3.8, 4) is 0 Å². The minimum Gasteiger partial charge on any atom is -0.0990 e. The lowest BCUT2D eigenvalue weighted by atomic mass is 9.73. The Balaban J connectivity index is 0.000000141. The van der Waals surface area contributed by atoms with E-state index in [1.54, 1.807) is 0 Å². The van der Waals surface area contributed by atoms with Gasteiger partial charge in [0.05, 0.1) is 0 Å². The molecule has 19 heavy (non-hydrogen) atoms. The number of allylic oxidation sites excluding steroid dienone is 1. The summed E-state index contributed by atoms with van der Waals surface area (Å²) in [5.74, 6) is 1.85. The van der Waals surface area contributed by atoms with E-state index in [2.05, 4.69) is 59.4 Å². The SMILES string of the molecule is C=C1C2CCC(C2)C1(C)C.Cc1cc(C)cc(C)c1. The van der Waals surface area contributed by atoms with Crippen molar-refractivity contribution in [2.75, 3.05) is 0 Å². The smallest absolute Gasteiger partial charge is 0.0116 e. The molecule has 2 saturated carbocycles. The van der Waals surface area contributed by atoms with E-state index in [4.69, 9.17) is 0 Å². The monoisotopic (exact) mass is 256 g/mol. The lowest BCUT2D eigenvalue weighted by Gasteiger charge is -2.31. The molecule has 0 spiro atoms. The molecule has 0 N–H and O–H groups in total. The van der Waals surface area contributed by atoms with Crippen molar-refractivity contribution < 1.29 is 0 Å². The van der Waals surface area contributed by atoms with Crippen LogP contribution < -0.4 is 0 Å². The van der Waals surface area contributed by atoms with Crippen LogP contribution in [-0.2, 0) is 0 Å². The third-order valence-electron chi connectivity index (χ3n) is 5.14. The van der Waals surface area contributed by atoms with Gasteiger partial charge in [0.25, 0.3) is 0 Å². The normalized spacial score (nSPS) is 27.1. The molecule has 0 radical (unpaired) electrons. The standard InChI is InChI=1S/C10H16.C9H12/c1-7-8-4-5-9(6-8)10(7,2)3;1-7-4-8(2)6-9(3)5-7/h8-9H,1,4-6H2,2-3H3;4-6H,1-3H3. The van der Waals surface area contributed by atoms with Gasteiger partial charge in [-0.1, -0.05) is 60.9 Å². The van der Waals surface area contributed by atoms with Gasteiger partial charge in [0.1, 0.15) is 0 Å². The Bertz CT molecular complexity index is 428. The van der Waals surface area contributed by atoms with E-state index in [9.17, 15) is 0 Å². The largest absolute Gasteiger partial charge is 0.0990 e. The van der Waals surface area contributed by atoms with Crippen molar-refractivity contribution in [3.05, 3.63) is 47.0 Å². The van der Waals surface area contributed by atoms with E-state index in [0.717, 1.165) is 11.8 Å². The first kappa shape index (κ1) is 14.4. The molecule has 2 bridgehead atoms. The van der Waals surface area contributed by atoms with E-state index in [1.165, 1.54) is 41.5 Å². The van der Waals surface area contributed by atoms with Crippen molar-refractivity contribution >= 4 is 0 Å². The molecular weight excluding hydrogens is 228 g/mol. The van der Waals surface area contributed by atoms with Gasteiger partial charge in [-0.25, -0.2) is 0 Å². The zero-order chi connectivity index (χ0) is 14.2. The maximum atomic E-state index is 4.19. The summed E-state index contributed by atoms with van der Waals surface area (Å²) in [5.41, 5.74) is 6.07. The first-order valence-corrected chi connectivity index (χ1v) is 7.55. The molecule has 2 aliphatic carbocycles. The van der Waals surface area contributed by atoms with E-state index >= 15 is 0 Å². The summed E-state index contributed by atoms with van der Waals surface area (Å²) in [7, 11) is 0. The van der Waals surface area contributed by atoms with Crippen LogP contribution in [0.25, 0.3) is 0 Å². The van der Waals surface area contributed by atoms with Crippen LogP contribution in [0, 0.1) is 38.0 Å². The number of benzene rings is 1. The van der Waals surface area contributed by atoms with Gasteiger partial charge >= 0.3 is 0 Å². The summed E-state index contributed by atoms with van der Waals surface area (Å²) in [6.45, 7) is 15.3. The maximum Gasteiger partial charge on any atom is -0.0116 e. The number of hydrogen-bond donors (Lipinski definition) is 0. The number of fused-ring (bicyclic) bond motifs is 2. The highest BCUT2D eigenvalue weighted by Gasteiger charge is 2.47. The van der Waals surface area contributed by atoms with Crippen LogP contribution in [-0.4, -0.2) is 0 Å². The topological polar surface area (TPSA) is 0 Å². The highest BCUT2D eigenvalue weighted by atomic mass is 14.5. The maximum absolute atomic E-state index is 4.19. The highest BCUT2D eigenvalue weighted by Crippen LogP contribution is 2.58. The van der Waals surface area contributed by atoms with Gasteiger partial charge in [-0.2, -0.15) is 0 Å². The van der Waals surface area contributed by atoms with E-state index in [-0.39, 0.29) is 0 Å². The summed E-state index contributed by atoms with van der Waals surface area (Å²) in [6, 6.07) is 6.56. The Labute approximate surface area is 118 Å². The molecule has 104 valence electrons. The van der Waals surface area contributed by atoms with Gasteiger partial charge in [-0.05, 0) is 57.3 Å². The average molecular weight is 256 g/mol. The van der Waals surface area contributed by atoms with Gasteiger partial charge in [0.2, 0.25) is 0 Å². The Morgan fingerprint density at radius 2 is 1.42 bits per heavy atom. The number of aryl methyl sites for hydroxylation is 3. The molecule has 1 aromatic carbocycles. The van der Waals surface area contributed by atoms with Crippen molar-refractivity contribution in [2.24, 2.45) is 17.3 Å². The third kappa shape index (κ3) is 2.94. The molecule has 1 aromatic rings. The Morgan fingerprint density at radius 1 is 0.947 bits per heavy atom. The fraction of sp³-hybridized carbons (Fsp3) is 0.579. The molecule has 0 nitrogen and oxygen atoms in total. The molecule has 0 heteroatoms. The van der Waals surface area contributed by atoms with Crippen molar-refractivity contribution in [1.29, 1.82) is 0 Å². The number of rotatable bonds is 0. The molecule has 0 aliphatic heterocycles. The lowest BCUT2D eigenvalue weighted by Crippen LogP contribution is -2.21. The summed E-state index contributed by atoms with van der Waals surface area (Å²) in [6.07, 6.45) is 4.31. The van der Waals surface area contributed by atoms with Crippen LogP contribution in [0.2, 0.25) is 0 Å². The Kier molecular flexibility index (Phi) is 3.90. The van der Waals surface area contributed by atoms with Crippen LogP contribution in [0.15, 0.2) is 30.4 Å². The molecular formula is C19H28. The summed E-state index contributed by atoms with van der Waals surface area (Å²) < 4.78 is 0. The zero-order valence-corrected chi connectivity index (χ0v) is 13.2. The second-order valence-corrected chi connectivity index (χ2v) is 7.12. The molecule has 0 heterocycles. The van der Waals surface area contributed by atoms with Gasteiger partial charge < -0.3 is 0 Å². The first-order valence-electron chi connectivity index (χ1n) is 7.55. The fourth-order valence-electron chi connectivity index (χ4n) is 3.94. The summed E-state index contributed by atoms with van der Waals surface area (Å²) in [5, 5.41) is 0. The first-order chi connectivity index (χ1) is 8.80. The fourth-order valence-corrected chi connectivity index (χ4v) is 3.94. The van der Waals surface area contributed by atoms with Crippen LogP contribution in [0.4, 0.5) is 0 Å². The van der Waals surface area contributed by atoms with Crippen molar-refractivity contribution in [2.45, 2.75) is 53.9 Å². The zero-order valence-electron chi connectivity index (χ0n) is 13.2. The van der Waals surface area contributed by atoms with Crippen LogP contribution in [0.1, 0.15) is 49.8 Å². The molecule has 2 atom stereocenters. The summed E-state index contributed by atoms with van der Waals surface area (Å²) in [4.78, 5) is 0. The van der Waals surface area contributed by atoms with Crippen molar-refractivity contribution in [3.63, 3.8) is 0 Å². The van der Waals surface area contributed by atoms with Gasteiger partial charge in [-0.15, -0.1) is 0 Å². The summed E-state index contributed by atoms with van der Waals surface area (Å²) >= 11 is 0. The molecule has 2 aliphatic rings. The van der Waals surface area contributed by atoms with Crippen molar-refractivity contribution in [1.82, 2.24) is 0 Å². The molecule has 0 aromatic heterocycles. The third-order valence-corrected chi connectivity index (χ3v) is 5.14. The predicted molar refractivity (Wildman–Crippen MR) is 84.4 cm³/mol. The average Bonchev–Trinajstić information content (AvgIpc) is 2.81. The minimum absolute atomic E-state index is 0.475. The second-order valence-electron chi connectivity index (χ2n) is 7.12. The van der Waals surface area contributed by atoms with E-state index in [0.29, 0.717) is 5.41 Å². The predicted octanol–water partition coefficient (Wildman–Crippen LogP) is 5.61. The van der Waals surface area contributed by atoms with E-state index in [1.807, 2.05) is 0 Å². The molecule has 2 unspecified atom stereocenters. The molecule has 0 amide bonds. The van der Waals surface area contributed by atoms with Gasteiger partial charge in [0.15, 0.2) is 0 Å². The van der Waals surface area contributed by atoms with E-state index < -0.39 is 0 Å². The quantitative estimate of drug-likeness (QED) is 0.529. The number of hydrogen-bond acceptors (Lipinski definition) is 0. The Morgan fingerprint density at radius 3 is 1.68 bits per heavy atom. The lowest BCUT2D eigenvalue weighted by molar-refractivity contribution is 0.289. The van der Waals surface area contributed by atoms with Crippen LogP contribution in [0.5, 0.6) is 0 Å². The minimum atomic E-state index is 0.475. The van der Waals surface area contributed by atoms with Crippen LogP contribution in [0.3, 0.4) is 0 Å².